The third-order valence-corrected chi connectivity index (χ3v) is 2.82. The van der Waals surface area contributed by atoms with Crippen LogP contribution in [0.1, 0.15) is 0 Å². The lowest BCUT2D eigenvalue weighted by Gasteiger charge is -1.97. The second-order valence-electron chi connectivity index (χ2n) is 3.17. The Bertz CT molecular complexity index is 512. The van der Waals surface area contributed by atoms with Crippen LogP contribution in [0.2, 0.25) is 0 Å². The lowest BCUT2D eigenvalue weighted by molar-refractivity contribution is 0.475. The molecule has 0 bridgehead atoms. The van der Waals surface area contributed by atoms with Gasteiger partial charge in [0.25, 0.3) is 0 Å². The molecule has 3 nitrogen and oxygen atoms in total. The number of phenolic OH excluding ortho intramolecular Hbond substituents is 1. The Hall–Kier alpha value is -1.43. The van der Waals surface area contributed by atoms with Crippen LogP contribution in [0, 0.1) is 3.57 Å². The fourth-order valence-corrected chi connectivity index (χ4v) is 1.79. The topological polar surface area (TPSA) is 45.0 Å². The van der Waals surface area contributed by atoms with E-state index >= 15 is 0 Å². The Morgan fingerprint density at radius 2 is 1.69 bits per heavy atom. The predicted molar refractivity (Wildman–Crippen MR) is 71.4 cm³/mol. The summed E-state index contributed by atoms with van der Waals surface area (Å²) in [7, 11) is 0. The molecule has 0 spiro atoms. The van der Waals surface area contributed by atoms with Crippen LogP contribution in [-0.2, 0) is 0 Å². The van der Waals surface area contributed by atoms with Crippen LogP contribution in [0.4, 0.5) is 11.4 Å². The van der Waals surface area contributed by atoms with Crippen LogP contribution in [0.25, 0.3) is 0 Å². The van der Waals surface area contributed by atoms with Crippen molar-refractivity contribution in [2.45, 2.75) is 0 Å². The number of nitrogens with zero attached hydrogens (tertiary/aromatic N) is 2. The number of azo groups is 1. The minimum absolute atomic E-state index is 0.239. The molecule has 4 heteroatoms. The lowest BCUT2D eigenvalue weighted by Crippen LogP contribution is -1.72. The van der Waals surface area contributed by atoms with Gasteiger partial charge >= 0.3 is 0 Å². The van der Waals surface area contributed by atoms with Gasteiger partial charge in [0.2, 0.25) is 0 Å². The smallest absolute Gasteiger partial charge is 0.116 e. The molecule has 0 unspecified atom stereocenters. The van der Waals surface area contributed by atoms with E-state index in [4.69, 9.17) is 0 Å². The summed E-state index contributed by atoms with van der Waals surface area (Å²) in [5, 5.41) is 17.5. The number of hydrogen-bond donors (Lipinski definition) is 1. The molecule has 1 N–H and O–H groups in total. The highest BCUT2D eigenvalue weighted by Crippen LogP contribution is 2.26. The molecule has 0 fully saturated rings. The Kier molecular flexibility index (Phi) is 3.51. The number of phenols is 1. The Morgan fingerprint density at radius 3 is 2.38 bits per heavy atom. The van der Waals surface area contributed by atoms with Crippen LogP contribution in [0.5, 0.6) is 5.75 Å². The molecule has 0 aliphatic heterocycles. The molecule has 0 aliphatic rings. The number of halogens is 1. The van der Waals surface area contributed by atoms with Gasteiger partial charge < -0.3 is 5.11 Å². The van der Waals surface area contributed by atoms with Gasteiger partial charge in [-0.3, -0.25) is 0 Å². The predicted octanol–water partition coefficient (Wildman–Crippen LogP) is 4.41. The highest BCUT2D eigenvalue weighted by Gasteiger charge is 1.98. The Labute approximate surface area is 107 Å². The molecule has 0 saturated carbocycles. The lowest BCUT2D eigenvalue weighted by atomic mass is 10.3. The van der Waals surface area contributed by atoms with Crippen LogP contribution >= 0.6 is 22.6 Å². The summed E-state index contributed by atoms with van der Waals surface area (Å²) in [5.41, 5.74) is 1.56. The van der Waals surface area contributed by atoms with Crippen molar-refractivity contribution in [3.8, 4) is 5.75 Å². The zero-order chi connectivity index (χ0) is 11.4. The van der Waals surface area contributed by atoms with Crippen molar-refractivity contribution < 1.29 is 5.11 Å². The highest BCUT2D eigenvalue weighted by molar-refractivity contribution is 14.1. The van der Waals surface area contributed by atoms with Gasteiger partial charge in [0, 0.05) is 3.57 Å². The van der Waals surface area contributed by atoms with Crippen molar-refractivity contribution in [3.05, 3.63) is 52.1 Å². The van der Waals surface area contributed by atoms with Gasteiger partial charge in [-0.15, -0.1) is 5.11 Å². The zero-order valence-electron chi connectivity index (χ0n) is 8.34. The summed E-state index contributed by atoms with van der Waals surface area (Å²) in [6.45, 7) is 0. The van der Waals surface area contributed by atoms with Gasteiger partial charge in [0.05, 0.1) is 11.4 Å². The maximum Gasteiger partial charge on any atom is 0.116 e. The van der Waals surface area contributed by atoms with E-state index in [1.165, 1.54) is 0 Å². The molecule has 0 saturated heterocycles. The maximum absolute atomic E-state index is 9.25. The van der Waals surface area contributed by atoms with Crippen LogP contribution in [0.15, 0.2) is 58.8 Å². The monoisotopic (exact) mass is 324 g/mol. The molecule has 0 amide bonds. The second kappa shape index (κ2) is 5.07. The Morgan fingerprint density at radius 1 is 0.938 bits per heavy atom. The summed E-state index contributed by atoms with van der Waals surface area (Å²) in [4.78, 5) is 0. The van der Waals surface area contributed by atoms with Crippen molar-refractivity contribution in [1.29, 1.82) is 0 Å². The first-order chi connectivity index (χ1) is 7.75. The Balaban J connectivity index is 2.24. The van der Waals surface area contributed by atoms with E-state index in [0.717, 1.165) is 14.9 Å². The van der Waals surface area contributed by atoms with Gasteiger partial charge in [-0.1, -0.05) is 18.2 Å². The molecule has 80 valence electrons. The van der Waals surface area contributed by atoms with E-state index in [9.17, 15) is 5.11 Å². The van der Waals surface area contributed by atoms with E-state index in [1.807, 2.05) is 30.3 Å². The van der Waals surface area contributed by atoms with Crippen LogP contribution in [-0.4, -0.2) is 5.11 Å². The number of aromatic hydroxyl groups is 1. The van der Waals surface area contributed by atoms with E-state index in [-0.39, 0.29) is 5.75 Å². The summed E-state index contributed by atoms with van der Waals surface area (Å²) in [6.07, 6.45) is 0. The van der Waals surface area contributed by atoms with E-state index in [2.05, 4.69) is 32.8 Å². The normalized spacial score (nSPS) is 10.8. The van der Waals surface area contributed by atoms with Gasteiger partial charge in [-0.2, -0.15) is 5.11 Å². The first kappa shape index (κ1) is 11.1. The minimum Gasteiger partial charge on any atom is -0.508 e. The first-order valence-electron chi connectivity index (χ1n) is 4.71. The van der Waals surface area contributed by atoms with Crippen molar-refractivity contribution >= 4 is 34.0 Å². The third-order valence-electron chi connectivity index (χ3n) is 1.96. The minimum atomic E-state index is 0.239. The molecule has 0 aliphatic carbocycles. The number of rotatable bonds is 2. The molecule has 0 heterocycles. The molecule has 2 rings (SSSR count). The van der Waals surface area contributed by atoms with Crippen molar-refractivity contribution in [2.75, 3.05) is 0 Å². The van der Waals surface area contributed by atoms with E-state index in [0.29, 0.717) is 0 Å². The quantitative estimate of drug-likeness (QED) is 0.645. The molecule has 2 aromatic carbocycles. The fraction of sp³-hybridized carbons (Fsp3) is 0. The standard InChI is InChI=1S/C12H9IN2O/c13-11-8-10(16)6-7-12(11)15-14-9-4-2-1-3-5-9/h1-8,16H. The second-order valence-corrected chi connectivity index (χ2v) is 4.33. The first-order valence-corrected chi connectivity index (χ1v) is 5.79. The molecule has 2 aromatic rings. The maximum atomic E-state index is 9.25. The summed E-state index contributed by atoms with van der Waals surface area (Å²) in [6, 6.07) is 14.5. The van der Waals surface area contributed by atoms with Crippen molar-refractivity contribution in [1.82, 2.24) is 0 Å². The zero-order valence-corrected chi connectivity index (χ0v) is 10.5. The SMILES string of the molecule is Oc1ccc(N=Nc2ccccc2)c(I)c1. The number of benzene rings is 2. The molecule has 0 radical (unpaired) electrons. The van der Waals surface area contributed by atoms with Gasteiger partial charge in [-0.05, 0) is 52.9 Å². The fourth-order valence-electron chi connectivity index (χ4n) is 1.18. The summed E-state index contributed by atoms with van der Waals surface area (Å²) in [5.74, 6) is 0.239. The average Bonchev–Trinajstić information content (AvgIpc) is 2.29. The number of hydrogen-bond acceptors (Lipinski definition) is 3. The molecule has 16 heavy (non-hydrogen) atoms. The van der Waals surface area contributed by atoms with Gasteiger partial charge in [0.15, 0.2) is 0 Å². The van der Waals surface area contributed by atoms with E-state index < -0.39 is 0 Å². The molecular weight excluding hydrogens is 315 g/mol. The van der Waals surface area contributed by atoms with Crippen molar-refractivity contribution in [2.24, 2.45) is 10.2 Å². The van der Waals surface area contributed by atoms with E-state index in [1.54, 1.807) is 18.2 Å². The van der Waals surface area contributed by atoms with Gasteiger partial charge in [0.1, 0.15) is 5.75 Å². The van der Waals surface area contributed by atoms with Crippen molar-refractivity contribution in [3.63, 3.8) is 0 Å². The third kappa shape index (κ3) is 2.79. The average molecular weight is 324 g/mol. The largest absolute Gasteiger partial charge is 0.508 e. The molecular formula is C12H9IN2O. The molecule has 0 aromatic heterocycles. The summed E-state index contributed by atoms with van der Waals surface area (Å²) < 4.78 is 0.872. The highest BCUT2D eigenvalue weighted by atomic mass is 127. The van der Waals surface area contributed by atoms with Crippen LogP contribution < -0.4 is 0 Å². The van der Waals surface area contributed by atoms with Crippen LogP contribution in [0.3, 0.4) is 0 Å². The molecule has 0 atom stereocenters. The van der Waals surface area contributed by atoms with Gasteiger partial charge in [-0.25, -0.2) is 0 Å². The summed E-state index contributed by atoms with van der Waals surface area (Å²) >= 11 is 2.11.